The molecule has 4 heteroatoms. The summed E-state index contributed by atoms with van der Waals surface area (Å²) in [6.07, 6.45) is 1.50. The number of nitrogens with two attached hydrogens (primary N) is 1. The summed E-state index contributed by atoms with van der Waals surface area (Å²) in [5.74, 6) is 0.914. The Morgan fingerprint density at radius 2 is 2.05 bits per heavy atom. The Balaban J connectivity index is 2.53. The third-order valence-electron chi connectivity index (χ3n) is 3.34. The average molecular weight is 341 g/mol. The zero-order valence-corrected chi connectivity index (χ0v) is 14.1. The van der Waals surface area contributed by atoms with E-state index in [2.05, 4.69) is 35.1 Å². The van der Waals surface area contributed by atoms with Crippen molar-refractivity contribution in [3.05, 3.63) is 34.3 Å². The first-order chi connectivity index (χ1) is 9.42. The number of carbonyl (C=O) groups is 1. The number of rotatable bonds is 7. The molecule has 1 amide bonds. The number of amides is 1. The monoisotopic (exact) mass is 340 g/mol. The Labute approximate surface area is 130 Å². The molecule has 1 rings (SSSR count). The van der Waals surface area contributed by atoms with E-state index in [1.165, 1.54) is 0 Å². The molecule has 0 aromatic heterocycles. The molecule has 112 valence electrons. The Morgan fingerprint density at radius 3 is 2.60 bits per heavy atom. The third kappa shape index (κ3) is 6.06. The second-order valence-corrected chi connectivity index (χ2v) is 6.70. The van der Waals surface area contributed by atoms with Gasteiger partial charge < -0.3 is 11.1 Å². The van der Waals surface area contributed by atoms with Gasteiger partial charge in [0.1, 0.15) is 0 Å². The zero-order valence-electron chi connectivity index (χ0n) is 12.5. The van der Waals surface area contributed by atoms with Crippen LogP contribution in [0.3, 0.4) is 0 Å². The number of hydrogen-bond acceptors (Lipinski definition) is 2. The smallest absolute Gasteiger partial charge is 0.220 e. The fourth-order valence-corrected chi connectivity index (χ4v) is 2.77. The predicted octanol–water partition coefficient (Wildman–Crippen LogP) is 3.64. The summed E-state index contributed by atoms with van der Waals surface area (Å²) in [6.45, 7) is 6.88. The minimum atomic E-state index is 0.0116. The van der Waals surface area contributed by atoms with Gasteiger partial charge in [-0.05, 0) is 49.4 Å². The molecule has 0 saturated heterocycles. The van der Waals surface area contributed by atoms with Gasteiger partial charge in [0.05, 0.1) is 6.04 Å². The van der Waals surface area contributed by atoms with Gasteiger partial charge in [0.2, 0.25) is 5.91 Å². The van der Waals surface area contributed by atoms with E-state index in [1.54, 1.807) is 0 Å². The quantitative estimate of drug-likeness (QED) is 0.796. The lowest BCUT2D eigenvalue weighted by Gasteiger charge is -2.19. The molecule has 1 aromatic rings. The fourth-order valence-electron chi connectivity index (χ4n) is 2.35. The van der Waals surface area contributed by atoms with Crippen LogP contribution >= 0.6 is 15.9 Å². The van der Waals surface area contributed by atoms with Crippen LogP contribution in [0.1, 0.15) is 45.2 Å². The van der Waals surface area contributed by atoms with Crippen molar-refractivity contribution in [2.75, 3.05) is 6.54 Å². The molecule has 0 spiro atoms. The molecule has 0 aliphatic heterocycles. The van der Waals surface area contributed by atoms with E-state index in [1.807, 2.05) is 31.2 Å². The maximum absolute atomic E-state index is 12.1. The highest BCUT2D eigenvalue weighted by atomic mass is 79.9. The van der Waals surface area contributed by atoms with Crippen LogP contribution < -0.4 is 11.1 Å². The van der Waals surface area contributed by atoms with Gasteiger partial charge >= 0.3 is 0 Å². The van der Waals surface area contributed by atoms with Crippen molar-refractivity contribution in [1.82, 2.24) is 5.32 Å². The van der Waals surface area contributed by atoms with Crippen molar-refractivity contribution in [2.24, 2.45) is 17.6 Å². The maximum atomic E-state index is 12.1. The van der Waals surface area contributed by atoms with Gasteiger partial charge in [-0.2, -0.15) is 0 Å². The molecule has 0 radical (unpaired) electrons. The minimum absolute atomic E-state index is 0.0116. The largest absolute Gasteiger partial charge is 0.350 e. The second kappa shape index (κ2) is 8.42. The van der Waals surface area contributed by atoms with Crippen molar-refractivity contribution >= 4 is 21.8 Å². The van der Waals surface area contributed by atoms with E-state index in [-0.39, 0.29) is 17.9 Å². The summed E-state index contributed by atoms with van der Waals surface area (Å²) in [7, 11) is 0. The van der Waals surface area contributed by atoms with Crippen LogP contribution in [0.5, 0.6) is 0 Å². The number of benzene rings is 1. The first-order valence-corrected chi connectivity index (χ1v) is 7.96. The number of halogens is 1. The zero-order chi connectivity index (χ0) is 15.1. The normalized spacial score (nSPS) is 14.1. The molecular formula is C16H25BrN2O. The molecule has 1 aromatic carbocycles. The fraction of sp³-hybridized carbons (Fsp3) is 0.562. The summed E-state index contributed by atoms with van der Waals surface area (Å²) in [5, 5.41) is 3.05. The lowest BCUT2D eigenvalue weighted by Crippen LogP contribution is -2.30. The predicted molar refractivity (Wildman–Crippen MR) is 87.3 cm³/mol. The molecule has 0 bridgehead atoms. The molecule has 1 unspecified atom stereocenters. The van der Waals surface area contributed by atoms with Crippen LogP contribution in [0.25, 0.3) is 0 Å². The SMILES string of the molecule is CC(C)CC(CN)CC(=O)N[C@H](C)c1cccc(Br)c1. The van der Waals surface area contributed by atoms with Gasteiger partial charge in [-0.15, -0.1) is 0 Å². The van der Waals surface area contributed by atoms with Gasteiger partial charge in [-0.3, -0.25) is 4.79 Å². The van der Waals surface area contributed by atoms with Gasteiger partial charge in [0, 0.05) is 10.9 Å². The topological polar surface area (TPSA) is 55.1 Å². The second-order valence-electron chi connectivity index (χ2n) is 5.78. The summed E-state index contributed by atoms with van der Waals surface area (Å²) >= 11 is 3.45. The Hall–Kier alpha value is -0.870. The molecule has 20 heavy (non-hydrogen) atoms. The van der Waals surface area contributed by atoms with Crippen LogP contribution in [0.15, 0.2) is 28.7 Å². The Morgan fingerprint density at radius 1 is 1.35 bits per heavy atom. The molecule has 0 aliphatic carbocycles. The Bertz CT molecular complexity index is 434. The van der Waals surface area contributed by atoms with E-state index in [0.717, 1.165) is 16.5 Å². The first kappa shape index (κ1) is 17.2. The van der Waals surface area contributed by atoms with Gasteiger partial charge in [0.25, 0.3) is 0 Å². The van der Waals surface area contributed by atoms with Crippen LogP contribution in [0, 0.1) is 11.8 Å². The number of hydrogen-bond donors (Lipinski definition) is 2. The lowest BCUT2D eigenvalue weighted by molar-refractivity contribution is -0.122. The average Bonchev–Trinajstić information content (AvgIpc) is 2.37. The third-order valence-corrected chi connectivity index (χ3v) is 3.83. The molecule has 0 saturated carbocycles. The molecular weight excluding hydrogens is 316 g/mol. The number of carbonyl (C=O) groups excluding carboxylic acids is 1. The van der Waals surface area contributed by atoms with Crippen LogP contribution in [-0.4, -0.2) is 12.5 Å². The summed E-state index contributed by atoms with van der Waals surface area (Å²) in [6, 6.07) is 8.01. The maximum Gasteiger partial charge on any atom is 0.220 e. The standard InChI is InChI=1S/C16H25BrN2O/c1-11(2)7-13(10-18)8-16(20)19-12(3)14-5-4-6-15(17)9-14/h4-6,9,11-13H,7-8,10,18H2,1-3H3,(H,19,20)/t12-,13?/m1/s1. The van der Waals surface area contributed by atoms with Gasteiger partial charge in [0.15, 0.2) is 0 Å². The highest BCUT2D eigenvalue weighted by Gasteiger charge is 2.16. The summed E-state index contributed by atoms with van der Waals surface area (Å²) in [5.41, 5.74) is 6.84. The molecule has 3 N–H and O–H groups in total. The lowest BCUT2D eigenvalue weighted by atomic mass is 9.94. The van der Waals surface area contributed by atoms with Gasteiger partial charge in [-0.25, -0.2) is 0 Å². The van der Waals surface area contributed by atoms with Crippen molar-refractivity contribution in [1.29, 1.82) is 0 Å². The van der Waals surface area contributed by atoms with Crippen molar-refractivity contribution < 1.29 is 4.79 Å². The van der Waals surface area contributed by atoms with Gasteiger partial charge in [-0.1, -0.05) is 41.9 Å². The van der Waals surface area contributed by atoms with E-state index >= 15 is 0 Å². The van der Waals surface area contributed by atoms with E-state index in [4.69, 9.17) is 5.73 Å². The van der Waals surface area contributed by atoms with Crippen LogP contribution in [0.4, 0.5) is 0 Å². The summed E-state index contributed by atoms with van der Waals surface area (Å²) in [4.78, 5) is 12.1. The number of nitrogens with one attached hydrogen (secondary N) is 1. The van der Waals surface area contributed by atoms with E-state index in [9.17, 15) is 4.79 Å². The molecule has 0 fully saturated rings. The molecule has 0 heterocycles. The van der Waals surface area contributed by atoms with E-state index in [0.29, 0.717) is 18.9 Å². The van der Waals surface area contributed by atoms with Crippen LogP contribution in [0.2, 0.25) is 0 Å². The molecule has 0 aliphatic rings. The van der Waals surface area contributed by atoms with Crippen molar-refractivity contribution in [3.8, 4) is 0 Å². The van der Waals surface area contributed by atoms with E-state index < -0.39 is 0 Å². The molecule has 3 nitrogen and oxygen atoms in total. The highest BCUT2D eigenvalue weighted by Crippen LogP contribution is 2.19. The molecule has 2 atom stereocenters. The van der Waals surface area contributed by atoms with Crippen molar-refractivity contribution in [3.63, 3.8) is 0 Å². The first-order valence-electron chi connectivity index (χ1n) is 7.17. The minimum Gasteiger partial charge on any atom is -0.350 e. The van der Waals surface area contributed by atoms with Crippen LogP contribution in [-0.2, 0) is 4.79 Å². The highest BCUT2D eigenvalue weighted by molar-refractivity contribution is 9.10. The summed E-state index contributed by atoms with van der Waals surface area (Å²) < 4.78 is 1.02. The van der Waals surface area contributed by atoms with Crippen molar-refractivity contribution in [2.45, 2.75) is 39.7 Å². The Kier molecular flexibility index (Phi) is 7.24.